The Bertz CT molecular complexity index is 2040. The number of amides is 3. The number of carbonyl (C=O) groups excluding carboxylic acids is 3. The zero-order chi connectivity index (χ0) is 40.1. The van der Waals surface area contributed by atoms with Crippen molar-refractivity contribution in [3.63, 3.8) is 0 Å². The third-order valence-corrected chi connectivity index (χ3v) is 10.7. The summed E-state index contributed by atoms with van der Waals surface area (Å²) >= 11 is 13.4. The fourth-order valence-electron chi connectivity index (χ4n) is 7.14. The van der Waals surface area contributed by atoms with E-state index in [2.05, 4.69) is 35.1 Å². The number of nitrogens with zero attached hydrogens (tertiary/aromatic N) is 7. The van der Waals surface area contributed by atoms with Gasteiger partial charge in [-0.2, -0.15) is 4.89 Å². The second kappa shape index (κ2) is 17.9. The van der Waals surface area contributed by atoms with E-state index < -0.39 is 18.2 Å². The molecular formula is C38H46Cl2N10O6. The first-order chi connectivity index (χ1) is 27.0. The topological polar surface area (TPSA) is 174 Å². The lowest BCUT2D eigenvalue weighted by molar-refractivity contribution is -0.188. The number of methoxy groups -OCH3 is 1. The molecule has 298 valence electrons. The van der Waals surface area contributed by atoms with Crippen LogP contribution in [0.4, 0.5) is 4.79 Å². The maximum Gasteiger partial charge on any atom is 0.407 e. The molecule has 0 aliphatic carbocycles. The molecule has 4 heterocycles. The molecule has 0 unspecified atom stereocenters. The zero-order valence-electron chi connectivity index (χ0n) is 32.1. The SMILES string of the molecule is CC[C@H](/N=C\OOC)C(=O)N1[C@H](c2nc(Cl)c(-c3ccc(-c4ccc(-c5[nH]c([C@@H]6CCN(C)N6C(=O)[C@H](CC)NC(=O)OC)nc5Cl)cc4)cc3)[nH]2)CCN1C. The second-order valence-electron chi connectivity index (χ2n) is 13.5. The molecule has 0 saturated carbocycles. The molecule has 0 spiro atoms. The molecular weight excluding hydrogens is 763 g/mol. The van der Waals surface area contributed by atoms with Crippen molar-refractivity contribution in [3.05, 3.63) is 70.5 Å². The molecule has 2 aromatic heterocycles. The molecule has 0 radical (unpaired) electrons. The number of aliphatic imine (C=N–C) groups is 1. The molecule has 3 amide bonds. The van der Waals surface area contributed by atoms with Crippen LogP contribution < -0.4 is 5.32 Å². The van der Waals surface area contributed by atoms with Gasteiger partial charge in [-0.3, -0.25) is 19.6 Å². The molecule has 4 atom stereocenters. The zero-order valence-corrected chi connectivity index (χ0v) is 33.6. The Morgan fingerprint density at radius 2 is 1.27 bits per heavy atom. The van der Waals surface area contributed by atoms with E-state index in [0.29, 0.717) is 72.1 Å². The Morgan fingerprint density at radius 3 is 1.70 bits per heavy atom. The minimum atomic E-state index is -0.754. The molecule has 18 heteroatoms. The molecule has 2 fully saturated rings. The van der Waals surface area contributed by atoms with E-state index in [1.807, 2.05) is 86.5 Å². The van der Waals surface area contributed by atoms with Crippen molar-refractivity contribution in [3.8, 4) is 33.6 Å². The summed E-state index contributed by atoms with van der Waals surface area (Å²) in [7, 11) is 6.32. The van der Waals surface area contributed by atoms with Gasteiger partial charge in [0.25, 0.3) is 11.8 Å². The van der Waals surface area contributed by atoms with Gasteiger partial charge in [0.15, 0.2) is 10.3 Å². The molecule has 16 nitrogen and oxygen atoms in total. The first-order valence-corrected chi connectivity index (χ1v) is 19.1. The van der Waals surface area contributed by atoms with Gasteiger partial charge in [-0.15, -0.1) is 0 Å². The highest BCUT2D eigenvalue weighted by Gasteiger charge is 2.41. The van der Waals surface area contributed by atoms with Crippen LogP contribution in [0.2, 0.25) is 10.3 Å². The number of aromatic nitrogens is 4. The standard InChI is InChI=1S/C38H46Cl2N10O6/c1-7-26(41-21-56-55-6)36(51)49-28(17-19-47(49)3)34-43-30(32(39)45-34)24-13-9-22(10-14-24)23-11-15-25(16-12-23)31-33(40)46-35(44-31)29-18-20-48(4)50(29)37(52)27(8-2)42-38(53)54-5/h9-16,21,26-29H,7-8,17-20H2,1-6H3,(H,42,53)(H,43,45)(H,44,46)/b41-21-/t26-,27-,28-,29-/m0/s1. The van der Waals surface area contributed by atoms with E-state index >= 15 is 0 Å². The summed E-state index contributed by atoms with van der Waals surface area (Å²) in [6.45, 7) is 5.00. The Labute approximate surface area is 335 Å². The van der Waals surface area contributed by atoms with Gasteiger partial charge in [-0.05, 0) is 36.8 Å². The Balaban J connectivity index is 1.16. The first-order valence-electron chi connectivity index (χ1n) is 18.3. The lowest BCUT2D eigenvalue weighted by Crippen LogP contribution is -2.51. The lowest BCUT2D eigenvalue weighted by atomic mass is 10.0. The molecule has 2 aliphatic heterocycles. The molecule has 2 saturated heterocycles. The summed E-state index contributed by atoms with van der Waals surface area (Å²) in [5.74, 6) is 0.715. The average molecular weight is 810 g/mol. The number of carbonyl (C=O) groups is 3. The molecule has 2 aromatic carbocycles. The maximum absolute atomic E-state index is 13.5. The summed E-state index contributed by atoms with van der Waals surface area (Å²) in [6, 6.07) is 13.8. The normalized spacial score (nSPS) is 18.8. The van der Waals surface area contributed by atoms with Crippen molar-refractivity contribution in [2.45, 2.75) is 63.7 Å². The summed E-state index contributed by atoms with van der Waals surface area (Å²) in [6.07, 6.45) is 2.65. The first kappa shape index (κ1) is 40.7. The number of hydrazine groups is 2. The summed E-state index contributed by atoms with van der Waals surface area (Å²) in [5, 5.41) is 10.2. The summed E-state index contributed by atoms with van der Waals surface area (Å²) in [4.78, 5) is 68.5. The monoisotopic (exact) mass is 808 g/mol. The Kier molecular flexibility index (Phi) is 13.0. The average Bonchev–Trinajstić information content (AvgIpc) is 3.99. The number of benzene rings is 2. The van der Waals surface area contributed by atoms with E-state index in [-0.39, 0.29) is 23.9 Å². The maximum atomic E-state index is 13.5. The van der Waals surface area contributed by atoms with E-state index in [1.165, 1.54) is 14.2 Å². The Morgan fingerprint density at radius 1 is 0.804 bits per heavy atom. The van der Waals surface area contributed by atoms with Crippen LogP contribution in [0.5, 0.6) is 0 Å². The minimum absolute atomic E-state index is 0.176. The highest BCUT2D eigenvalue weighted by molar-refractivity contribution is 6.32. The number of H-pyrrole nitrogens is 2. The van der Waals surface area contributed by atoms with Crippen molar-refractivity contribution in [1.29, 1.82) is 0 Å². The second-order valence-corrected chi connectivity index (χ2v) is 14.2. The van der Waals surface area contributed by atoms with Gasteiger partial charge < -0.3 is 24.9 Å². The summed E-state index contributed by atoms with van der Waals surface area (Å²) in [5.41, 5.74) is 4.95. The van der Waals surface area contributed by atoms with E-state index in [0.717, 1.165) is 28.7 Å². The van der Waals surface area contributed by atoms with Crippen molar-refractivity contribution in [2.24, 2.45) is 4.99 Å². The summed E-state index contributed by atoms with van der Waals surface area (Å²) < 4.78 is 4.72. The van der Waals surface area contributed by atoms with Crippen LogP contribution >= 0.6 is 23.2 Å². The number of hydrogen-bond acceptors (Lipinski definition) is 11. The fraction of sp³-hybridized carbons (Fsp3) is 0.421. The van der Waals surface area contributed by atoms with Gasteiger partial charge >= 0.3 is 6.09 Å². The number of aromatic amines is 2. The molecule has 0 bridgehead atoms. The van der Waals surface area contributed by atoms with Gasteiger partial charge in [0.2, 0.25) is 6.40 Å². The number of hydrogen-bond donors (Lipinski definition) is 3. The fourth-order valence-corrected chi connectivity index (χ4v) is 7.63. The Hall–Kier alpha value is -5.00. The van der Waals surface area contributed by atoms with Crippen LogP contribution in [0, 0.1) is 0 Å². The molecule has 6 rings (SSSR count). The molecule has 56 heavy (non-hydrogen) atoms. The van der Waals surface area contributed by atoms with Crippen LogP contribution in [-0.4, -0.2) is 118 Å². The number of rotatable bonds is 13. The molecule has 4 aromatic rings. The molecule has 3 N–H and O–H groups in total. The number of alkyl carbamates (subject to hydrolysis) is 1. The largest absolute Gasteiger partial charge is 0.453 e. The smallest absolute Gasteiger partial charge is 0.407 e. The predicted molar refractivity (Wildman–Crippen MR) is 211 cm³/mol. The van der Waals surface area contributed by atoms with Gasteiger partial charge in [0, 0.05) is 38.3 Å². The van der Waals surface area contributed by atoms with Crippen molar-refractivity contribution in [1.82, 2.24) is 45.3 Å². The third kappa shape index (κ3) is 8.39. The number of nitrogens with one attached hydrogen (secondary N) is 3. The van der Waals surface area contributed by atoms with Gasteiger partial charge in [-0.1, -0.05) is 85.6 Å². The van der Waals surface area contributed by atoms with E-state index in [9.17, 15) is 14.4 Å². The lowest BCUT2D eigenvalue weighted by Gasteiger charge is -2.32. The van der Waals surface area contributed by atoms with Crippen LogP contribution in [0.15, 0.2) is 53.5 Å². The predicted octanol–water partition coefficient (Wildman–Crippen LogP) is 6.20. The van der Waals surface area contributed by atoms with Gasteiger partial charge in [0.05, 0.1) is 25.6 Å². The number of ether oxygens (including phenoxy) is 1. The van der Waals surface area contributed by atoms with Crippen LogP contribution in [-0.2, 0) is 24.1 Å². The van der Waals surface area contributed by atoms with Gasteiger partial charge in [-0.25, -0.2) is 29.8 Å². The van der Waals surface area contributed by atoms with Crippen LogP contribution in [0.3, 0.4) is 0 Å². The van der Waals surface area contributed by atoms with E-state index in [4.69, 9.17) is 32.8 Å². The molecule has 2 aliphatic rings. The van der Waals surface area contributed by atoms with E-state index in [1.54, 1.807) is 10.0 Å². The highest BCUT2D eigenvalue weighted by atomic mass is 35.5. The minimum Gasteiger partial charge on any atom is -0.453 e. The van der Waals surface area contributed by atoms with Crippen molar-refractivity contribution in [2.75, 3.05) is 41.4 Å². The number of imidazole rings is 2. The highest BCUT2D eigenvalue weighted by Crippen LogP contribution is 2.37. The van der Waals surface area contributed by atoms with Crippen molar-refractivity contribution < 1.29 is 28.9 Å². The van der Waals surface area contributed by atoms with Crippen molar-refractivity contribution >= 4 is 47.5 Å². The third-order valence-electron chi connectivity index (χ3n) is 10.1. The van der Waals surface area contributed by atoms with Crippen LogP contribution in [0.25, 0.3) is 33.6 Å². The van der Waals surface area contributed by atoms with Gasteiger partial charge in [0.1, 0.15) is 35.8 Å². The van der Waals surface area contributed by atoms with Crippen LogP contribution in [0.1, 0.15) is 63.3 Å². The quantitative estimate of drug-likeness (QED) is 0.0611. The number of halogens is 2.